The van der Waals surface area contributed by atoms with Crippen molar-refractivity contribution in [3.8, 4) is 11.5 Å². The van der Waals surface area contributed by atoms with Gasteiger partial charge in [0.15, 0.2) is 11.5 Å². The Morgan fingerprint density at radius 2 is 1.88 bits per heavy atom. The smallest absolute Gasteiger partial charge is 0.329 e. The first-order chi connectivity index (χ1) is 12.3. The van der Waals surface area contributed by atoms with E-state index in [-0.39, 0.29) is 11.5 Å². The molecule has 140 valence electrons. The molecule has 0 unspecified atom stereocenters. The maximum absolute atomic E-state index is 12.6. The summed E-state index contributed by atoms with van der Waals surface area (Å²) >= 11 is 6.95. The van der Waals surface area contributed by atoms with Gasteiger partial charge in [-0.2, -0.15) is 0 Å². The number of benzene rings is 1. The van der Waals surface area contributed by atoms with Gasteiger partial charge in [0, 0.05) is 6.07 Å². The molecule has 1 aromatic rings. The van der Waals surface area contributed by atoms with E-state index in [0.29, 0.717) is 22.1 Å². The van der Waals surface area contributed by atoms with Crippen LogP contribution in [-0.2, 0) is 14.3 Å². The highest BCUT2D eigenvalue weighted by Crippen LogP contribution is 2.38. The number of carbonyl (C=O) groups excluding carboxylic acids is 3. The molecule has 1 aliphatic heterocycles. The molecule has 9 heteroatoms. The number of methoxy groups -OCH3 is 2. The van der Waals surface area contributed by atoms with Crippen molar-refractivity contribution in [2.45, 2.75) is 19.9 Å². The van der Waals surface area contributed by atoms with E-state index in [9.17, 15) is 14.4 Å². The second-order valence-corrected chi connectivity index (χ2v) is 6.61. The predicted molar refractivity (Wildman–Crippen MR) is 98.5 cm³/mol. The van der Waals surface area contributed by atoms with E-state index in [1.807, 2.05) is 0 Å². The number of amides is 2. The Morgan fingerprint density at radius 3 is 2.46 bits per heavy atom. The van der Waals surface area contributed by atoms with E-state index in [1.165, 1.54) is 27.2 Å². The fourth-order valence-corrected chi connectivity index (χ4v) is 3.41. The third-order valence-corrected chi connectivity index (χ3v) is 4.84. The normalized spacial score (nSPS) is 16.8. The van der Waals surface area contributed by atoms with Gasteiger partial charge in [-0.05, 0) is 43.3 Å². The van der Waals surface area contributed by atoms with Crippen molar-refractivity contribution in [1.29, 1.82) is 0 Å². The molecule has 0 spiro atoms. The molecule has 2 amide bonds. The van der Waals surface area contributed by atoms with E-state index in [4.69, 9.17) is 25.8 Å². The van der Waals surface area contributed by atoms with Crippen molar-refractivity contribution < 1.29 is 28.6 Å². The Labute approximate surface area is 160 Å². The van der Waals surface area contributed by atoms with Gasteiger partial charge >= 0.3 is 5.97 Å². The first-order valence-corrected chi connectivity index (χ1v) is 8.88. The Balaban J connectivity index is 2.34. The molecule has 0 N–H and O–H groups in total. The second-order valence-electron chi connectivity index (χ2n) is 5.21. The van der Waals surface area contributed by atoms with Crippen LogP contribution < -0.4 is 9.47 Å². The Kier molecular flexibility index (Phi) is 6.55. The Bertz CT molecular complexity index is 779. The summed E-state index contributed by atoms with van der Waals surface area (Å²) in [6.07, 6.45) is 1.48. The molecule has 1 saturated heterocycles. The fraction of sp³-hybridized carbons (Fsp3) is 0.353. The predicted octanol–water partition coefficient (Wildman–Crippen LogP) is 3.35. The van der Waals surface area contributed by atoms with E-state index in [1.54, 1.807) is 19.1 Å². The first kappa shape index (κ1) is 20.1. The summed E-state index contributed by atoms with van der Waals surface area (Å²) in [7, 11) is 2.96. The SMILES string of the molecule is CCOC(=O)[C@@H](C)N1C(=O)SC(=Cc2cc(OC)c(OC)cc2Cl)C1=O. The van der Waals surface area contributed by atoms with Crippen LogP contribution in [0.5, 0.6) is 11.5 Å². The van der Waals surface area contributed by atoms with Gasteiger partial charge in [-0.1, -0.05) is 11.6 Å². The summed E-state index contributed by atoms with van der Waals surface area (Å²) in [5.41, 5.74) is 0.485. The van der Waals surface area contributed by atoms with Gasteiger partial charge in [0.05, 0.1) is 30.8 Å². The number of rotatable bonds is 6. The number of nitrogens with zero attached hydrogens (tertiary/aromatic N) is 1. The Hall–Kier alpha value is -2.19. The third-order valence-electron chi connectivity index (χ3n) is 3.63. The summed E-state index contributed by atoms with van der Waals surface area (Å²) in [4.78, 5) is 37.6. The highest BCUT2D eigenvalue weighted by molar-refractivity contribution is 8.18. The summed E-state index contributed by atoms with van der Waals surface area (Å²) in [6.45, 7) is 3.26. The number of esters is 1. The van der Waals surface area contributed by atoms with Crippen molar-refractivity contribution in [2.75, 3.05) is 20.8 Å². The molecule has 0 saturated carbocycles. The number of imide groups is 1. The molecular formula is C17H18ClNO6S. The number of hydrogen-bond donors (Lipinski definition) is 0. The van der Waals surface area contributed by atoms with E-state index >= 15 is 0 Å². The van der Waals surface area contributed by atoms with E-state index < -0.39 is 23.2 Å². The van der Waals surface area contributed by atoms with Crippen LogP contribution in [0.1, 0.15) is 19.4 Å². The third kappa shape index (κ3) is 3.96. The molecule has 7 nitrogen and oxygen atoms in total. The van der Waals surface area contributed by atoms with Crippen LogP contribution in [0.15, 0.2) is 17.0 Å². The minimum absolute atomic E-state index is 0.153. The lowest BCUT2D eigenvalue weighted by molar-refractivity contribution is -0.150. The number of carbonyl (C=O) groups is 3. The van der Waals surface area contributed by atoms with Gasteiger partial charge in [0.2, 0.25) is 0 Å². The van der Waals surface area contributed by atoms with Crippen molar-refractivity contribution >= 4 is 46.6 Å². The zero-order valence-corrected chi connectivity index (χ0v) is 16.3. The standard InChI is InChI=1S/C17H18ClNO6S/c1-5-25-16(21)9(2)19-15(20)14(26-17(19)22)7-10-6-12(23-3)13(24-4)8-11(10)18/h6-9H,5H2,1-4H3/t9-/m1/s1. The summed E-state index contributed by atoms with van der Waals surface area (Å²) in [5, 5.41) is -0.216. The molecule has 1 fully saturated rings. The van der Waals surface area contributed by atoms with Gasteiger partial charge < -0.3 is 14.2 Å². The van der Waals surface area contributed by atoms with Crippen molar-refractivity contribution in [3.63, 3.8) is 0 Å². The average Bonchev–Trinajstić information content (AvgIpc) is 2.89. The van der Waals surface area contributed by atoms with Crippen LogP contribution in [0.2, 0.25) is 5.02 Å². The lowest BCUT2D eigenvalue weighted by atomic mass is 10.1. The van der Waals surface area contributed by atoms with Crippen molar-refractivity contribution in [3.05, 3.63) is 27.6 Å². The summed E-state index contributed by atoms with van der Waals surface area (Å²) < 4.78 is 15.3. The lowest BCUT2D eigenvalue weighted by Gasteiger charge is -2.19. The number of halogens is 1. The Morgan fingerprint density at radius 1 is 1.27 bits per heavy atom. The lowest BCUT2D eigenvalue weighted by Crippen LogP contribution is -2.42. The van der Waals surface area contributed by atoms with Crippen LogP contribution in [0, 0.1) is 0 Å². The number of thioether (sulfide) groups is 1. The minimum atomic E-state index is -1.01. The second kappa shape index (κ2) is 8.46. The summed E-state index contributed by atoms with van der Waals surface area (Å²) in [5.74, 6) is -0.340. The number of hydrogen-bond acceptors (Lipinski definition) is 7. The van der Waals surface area contributed by atoms with E-state index in [0.717, 1.165) is 16.7 Å². The molecule has 0 radical (unpaired) electrons. The van der Waals surface area contributed by atoms with Crippen LogP contribution in [0.25, 0.3) is 6.08 Å². The average molecular weight is 400 g/mol. The van der Waals surface area contributed by atoms with Crippen LogP contribution in [-0.4, -0.2) is 48.9 Å². The zero-order valence-electron chi connectivity index (χ0n) is 14.7. The zero-order chi connectivity index (χ0) is 19.4. The van der Waals surface area contributed by atoms with E-state index in [2.05, 4.69) is 0 Å². The van der Waals surface area contributed by atoms with Gasteiger partial charge in [0.1, 0.15) is 6.04 Å². The van der Waals surface area contributed by atoms with Gasteiger partial charge in [-0.15, -0.1) is 0 Å². The maximum atomic E-state index is 12.6. The molecule has 0 aliphatic carbocycles. The highest BCUT2D eigenvalue weighted by atomic mass is 35.5. The molecule has 1 heterocycles. The van der Waals surface area contributed by atoms with Crippen molar-refractivity contribution in [2.24, 2.45) is 0 Å². The molecule has 26 heavy (non-hydrogen) atoms. The van der Waals surface area contributed by atoms with Gasteiger partial charge in [-0.25, -0.2) is 4.79 Å². The topological polar surface area (TPSA) is 82.1 Å². The van der Waals surface area contributed by atoms with Crippen LogP contribution in [0.3, 0.4) is 0 Å². The fourth-order valence-electron chi connectivity index (χ4n) is 2.30. The number of ether oxygens (including phenoxy) is 3. The van der Waals surface area contributed by atoms with Crippen molar-refractivity contribution in [1.82, 2.24) is 4.90 Å². The molecule has 2 rings (SSSR count). The maximum Gasteiger partial charge on any atom is 0.329 e. The molecule has 1 aliphatic rings. The minimum Gasteiger partial charge on any atom is -0.493 e. The quantitative estimate of drug-likeness (QED) is 0.535. The molecule has 1 atom stereocenters. The molecule has 1 aromatic carbocycles. The monoisotopic (exact) mass is 399 g/mol. The molecule has 0 aromatic heterocycles. The first-order valence-electron chi connectivity index (χ1n) is 7.69. The highest BCUT2D eigenvalue weighted by Gasteiger charge is 2.41. The van der Waals surface area contributed by atoms with Crippen LogP contribution >= 0.6 is 23.4 Å². The summed E-state index contributed by atoms with van der Waals surface area (Å²) in [6, 6.07) is 2.15. The molecule has 0 bridgehead atoms. The van der Waals surface area contributed by atoms with Gasteiger partial charge in [-0.3, -0.25) is 14.5 Å². The largest absolute Gasteiger partial charge is 0.493 e. The van der Waals surface area contributed by atoms with Gasteiger partial charge in [0.25, 0.3) is 11.1 Å². The van der Waals surface area contributed by atoms with Crippen LogP contribution in [0.4, 0.5) is 4.79 Å². The molecular weight excluding hydrogens is 382 g/mol.